The van der Waals surface area contributed by atoms with Gasteiger partial charge in [0.25, 0.3) is 0 Å². The van der Waals surface area contributed by atoms with Crippen LogP contribution in [0.15, 0.2) is 23.3 Å². The molecular formula is C33H52O7. The van der Waals surface area contributed by atoms with Gasteiger partial charge < -0.3 is 19.7 Å². The maximum atomic E-state index is 13.4. The van der Waals surface area contributed by atoms with Crippen LogP contribution in [0.1, 0.15) is 113 Å². The minimum Gasteiger partial charge on any atom is -0.458 e. The standard InChI is InChI=1S/C33H52O7/c1-9-11-13-15-26(35)39-29-22(4)31(7)24(30(5,6)32(29,8)40-27(36)16-14-12-10-2)18-23(20-34)19-33(38)25(31)17-21(3)28(33)37/h17-18,22,24-25,29,34,38H,9-16,19-20H2,1-8H3/t22-,24+,25+,29-,31+,32-,33-/m1/s1. The zero-order valence-corrected chi connectivity index (χ0v) is 26.0. The van der Waals surface area contributed by atoms with Crippen LogP contribution in [-0.4, -0.2) is 51.8 Å². The summed E-state index contributed by atoms with van der Waals surface area (Å²) in [5.74, 6) is -2.26. The van der Waals surface area contributed by atoms with Crippen molar-refractivity contribution in [2.24, 2.45) is 28.6 Å². The molecule has 40 heavy (non-hydrogen) atoms. The fraction of sp³-hybridized carbons (Fsp3) is 0.788. The zero-order valence-electron chi connectivity index (χ0n) is 26.0. The lowest BCUT2D eigenvalue weighted by molar-refractivity contribution is -0.268. The third-order valence-electron chi connectivity index (χ3n) is 10.7. The number of fused-ring (bicyclic) bond motifs is 3. The van der Waals surface area contributed by atoms with Crippen LogP contribution < -0.4 is 0 Å². The summed E-state index contributed by atoms with van der Waals surface area (Å²) in [6.07, 6.45) is 8.89. The molecule has 7 nitrogen and oxygen atoms in total. The van der Waals surface area contributed by atoms with Crippen LogP contribution in [0.4, 0.5) is 0 Å². The molecule has 3 aliphatic rings. The molecule has 0 aromatic heterocycles. The first kappa shape index (κ1) is 32.5. The van der Waals surface area contributed by atoms with E-state index in [1.165, 1.54) is 0 Å². The molecule has 7 atom stereocenters. The number of esters is 2. The highest BCUT2D eigenvalue weighted by Gasteiger charge is 2.72. The summed E-state index contributed by atoms with van der Waals surface area (Å²) in [6, 6.07) is 0. The van der Waals surface area contributed by atoms with Gasteiger partial charge in [0.2, 0.25) is 0 Å². The molecule has 226 valence electrons. The summed E-state index contributed by atoms with van der Waals surface area (Å²) in [7, 11) is 0. The zero-order chi connectivity index (χ0) is 30.1. The summed E-state index contributed by atoms with van der Waals surface area (Å²) in [6.45, 7) is 15.5. The number of ether oxygens (including phenoxy) is 2. The van der Waals surface area contributed by atoms with E-state index in [1.807, 2.05) is 39.8 Å². The van der Waals surface area contributed by atoms with E-state index in [2.05, 4.69) is 20.8 Å². The first-order valence-electron chi connectivity index (χ1n) is 15.3. The molecule has 0 aromatic carbocycles. The van der Waals surface area contributed by atoms with Crippen molar-refractivity contribution in [3.8, 4) is 0 Å². The van der Waals surface area contributed by atoms with Gasteiger partial charge in [-0.2, -0.15) is 0 Å². The van der Waals surface area contributed by atoms with E-state index in [1.54, 1.807) is 6.92 Å². The molecule has 0 spiro atoms. The van der Waals surface area contributed by atoms with Crippen LogP contribution in [0.25, 0.3) is 0 Å². The fourth-order valence-electron chi connectivity index (χ4n) is 7.91. The van der Waals surface area contributed by atoms with E-state index in [9.17, 15) is 24.6 Å². The Labute approximate surface area is 240 Å². The highest BCUT2D eigenvalue weighted by molar-refractivity contribution is 6.04. The van der Waals surface area contributed by atoms with Gasteiger partial charge in [0, 0.05) is 36.5 Å². The van der Waals surface area contributed by atoms with Crippen LogP contribution in [0.2, 0.25) is 0 Å². The van der Waals surface area contributed by atoms with Crippen molar-refractivity contribution in [2.75, 3.05) is 6.61 Å². The Kier molecular flexibility index (Phi) is 9.83. The van der Waals surface area contributed by atoms with Gasteiger partial charge in [-0.05, 0) is 49.2 Å². The SMILES string of the molecule is CCCCCC(=O)O[C@@H]1[C@@H](C)[C@@]2(C)[C@@H](C=C(CO)C[C@]3(O)C(=O)C(C)=C[C@@H]23)C(C)(C)[C@]1(C)OC(=O)CCCCC. The molecule has 0 aliphatic heterocycles. The number of carbonyl (C=O) groups is 3. The smallest absolute Gasteiger partial charge is 0.306 e. The van der Waals surface area contributed by atoms with Crippen molar-refractivity contribution in [1.82, 2.24) is 0 Å². The number of hydrogen-bond acceptors (Lipinski definition) is 7. The average molecular weight is 561 g/mol. The molecule has 0 heterocycles. The molecule has 1 fully saturated rings. The third-order valence-corrected chi connectivity index (χ3v) is 10.7. The number of unbranched alkanes of at least 4 members (excludes halogenated alkanes) is 4. The van der Waals surface area contributed by atoms with E-state index < -0.39 is 40.0 Å². The average Bonchev–Trinajstić information content (AvgIpc) is 3.05. The second-order valence-corrected chi connectivity index (χ2v) is 13.5. The Morgan fingerprint density at radius 2 is 1.52 bits per heavy atom. The summed E-state index contributed by atoms with van der Waals surface area (Å²) in [4.78, 5) is 39.9. The Bertz CT molecular complexity index is 1040. The second-order valence-electron chi connectivity index (χ2n) is 13.5. The predicted molar refractivity (Wildman–Crippen MR) is 154 cm³/mol. The lowest BCUT2D eigenvalue weighted by Gasteiger charge is -2.65. The molecule has 0 amide bonds. The second kappa shape index (κ2) is 12.1. The van der Waals surface area contributed by atoms with Crippen LogP contribution in [0.5, 0.6) is 0 Å². The summed E-state index contributed by atoms with van der Waals surface area (Å²) in [5, 5.41) is 22.3. The van der Waals surface area contributed by atoms with Gasteiger partial charge in [0.15, 0.2) is 11.4 Å². The van der Waals surface area contributed by atoms with Gasteiger partial charge in [-0.1, -0.05) is 79.4 Å². The lowest BCUT2D eigenvalue weighted by atomic mass is 9.43. The molecular weight excluding hydrogens is 508 g/mol. The minimum absolute atomic E-state index is 0.0325. The number of allylic oxidation sites excluding steroid dienone is 1. The highest BCUT2D eigenvalue weighted by Crippen LogP contribution is 2.67. The van der Waals surface area contributed by atoms with Crippen LogP contribution >= 0.6 is 0 Å². The third kappa shape index (κ3) is 5.33. The molecule has 3 aliphatic carbocycles. The van der Waals surface area contributed by atoms with E-state index in [-0.39, 0.29) is 49.5 Å². The van der Waals surface area contributed by atoms with E-state index >= 15 is 0 Å². The normalized spacial score (nSPS) is 36.6. The number of ketones is 1. The van der Waals surface area contributed by atoms with Crippen LogP contribution in [0.3, 0.4) is 0 Å². The Hall–Kier alpha value is -1.99. The molecule has 7 heteroatoms. The van der Waals surface area contributed by atoms with E-state index in [4.69, 9.17) is 9.47 Å². The molecule has 0 radical (unpaired) electrons. The first-order chi connectivity index (χ1) is 18.6. The van der Waals surface area contributed by atoms with Gasteiger partial charge >= 0.3 is 11.9 Å². The molecule has 2 N–H and O–H groups in total. The topological polar surface area (TPSA) is 110 Å². The largest absolute Gasteiger partial charge is 0.458 e. The fourth-order valence-corrected chi connectivity index (χ4v) is 7.91. The van der Waals surface area contributed by atoms with Crippen molar-refractivity contribution in [1.29, 1.82) is 0 Å². The Balaban J connectivity index is 2.18. The molecule has 0 bridgehead atoms. The van der Waals surface area contributed by atoms with Crippen molar-refractivity contribution < 1.29 is 34.1 Å². The molecule has 0 unspecified atom stereocenters. The predicted octanol–water partition coefficient (Wildman–Crippen LogP) is 5.86. The molecule has 3 rings (SSSR count). The molecule has 0 saturated heterocycles. The Morgan fingerprint density at radius 3 is 2.08 bits per heavy atom. The maximum absolute atomic E-state index is 13.4. The number of Topliss-reactive ketones (excluding diaryl/α,β-unsaturated/α-hetero) is 1. The quantitative estimate of drug-likeness (QED) is 0.185. The lowest BCUT2D eigenvalue weighted by Crippen LogP contribution is -2.71. The van der Waals surface area contributed by atoms with Gasteiger partial charge in [0.05, 0.1) is 6.61 Å². The van der Waals surface area contributed by atoms with Crippen molar-refractivity contribution in [3.63, 3.8) is 0 Å². The first-order valence-corrected chi connectivity index (χ1v) is 15.3. The van der Waals surface area contributed by atoms with Gasteiger partial charge in [-0.15, -0.1) is 0 Å². The summed E-state index contributed by atoms with van der Waals surface area (Å²) in [5.41, 5.74) is -3.36. The van der Waals surface area contributed by atoms with Gasteiger partial charge in [-0.3, -0.25) is 14.4 Å². The van der Waals surface area contributed by atoms with Crippen molar-refractivity contribution >= 4 is 17.7 Å². The Morgan fingerprint density at radius 1 is 0.950 bits per heavy atom. The molecule has 1 saturated carbocycles. The maximum Gasteiger partial charge on any atom is 0.306 e. The van der Waals surface area contributed by atoms with Crippen LogP contribution in [0, 0.1) is 28.6 Å². The molecule has 0 aromatic rings. The van der Waals surface area contributed by atoms with E-state index in [0.29, 0.717) is 17.6 Å². The van der Waals surface area contributed by atoms with Gasteiger partial charge in [-0.25, -0.2) is 0 Å². The summed E-state index contributed by atoms with van der Waals surface area (Å²) < 4.78 is 12.7. The van der Waals surface area contributed by atoms with Gasteiger partial charge in [0.1, 0.15) is 11.7 Å². The van der Waals surface area contributed by atoms with Crippen molar-refractivity contribution in [3.05, 3.63) is 23.3 Å². The minimum atomic E-state index is -1.70. The number of hydrogen-bond donors (Lipinski definition) is 2. The number of carbonyl (C=O) groups excluding carboxylic acids is 3. The number of aliphatic hydroxyl groups excluding tert-OH is 1. The highest BCUT2D eigenvalue weighted by atomic mass is 16.6. The monoisotopic (exact) mass is 560 g/mol. The number of rotatable bonds is 11. The van der Waals surface area contributed by atoms with E-state index in [0.717, 1.165) is 32.1 Å². The number of aliphatic hydroxyl groups is 2. The summed E-state index contributed by atoms with van der Waals surface area (Å²) >= 11 is 0. The van der Waals surface area contributed by atoms with Crippen molar-refractivity contribution in [2.45, 2.75) is 130 Å². The van der Waals surface area contributed by atoms with Crippen LogP contribution in [-0.2, 0) is 23.9 Å².